The number of rotatable bonds is 3. The fourth-order valence-corrected chi connectivity index (χ4v) is 4.25. The molecule has 1 aromatic heterocycles. The fourth-order valence-electron chi connectivity index (χ4n) is 4.25. The van der Waals surface area contributed by atoms with Gasteiger partial charge in [-0.2, -0.15) is 0 Å². The van der Waals surface area contributed by atoms with E-state index in [1.807, 2.05) is 0 Å². The monoisotopic (exact) mass is 340 g/mol. The number of hydrogen-bond acceptors (Lipinski definition) is 6. The SMILES string of the molecule is N[C@H]1CC[C@@H](Oc2cc(N3CC4CC(C3)O4)cc3nccnc23)CC1. The number of piperidine rings is 1. The number of benzene rings is 1. The number of fused-ring (bicyclic) bond motifs is 3. The van der Waals surface area contributed by atoms with E-state index in [4.69, 9.17) is 15.2 Å². The summed E-state index contributed by atoms with van der Waals surface area (Å²) in [7, 11) is 0. The average molecular weight is 340 g/mol. The third kappa shape index (κ3) is 2.93. The molecule has 6 rings (SSSR count). The second-order valence-electron chi connectivity index (χ2n) is 7.54. The fraction of sp³-hybridized carbons (Fsp3) is 0.579. The van der Waals surface area contributed by atoms with E-state index in [1.165, 1.54) is 6.42 Å². The number of ether oxygens (including phenoxy) is 2. The molecule has 3 saturated heterocycles. The summed E-state index contributed by atoms with van der Waals surface area (Å²) in [5, 5.41) is 0. The third-order valence-corrected chi connectivity index (χ3v) is 5.66. The Morgan fingerprint density at radius 2 is 1.76 bits per heavy atom. The Morgan fingerprint density at radius 3 is 2.52 bits per heavy atom. The molecule has 1 aliphatic carbocycles. The maximum absolute atomic E-state index is 6.37. The minimum atomic E-state index is 0.221. The number of nitrogens with two attached hydrogens (primary N) is 1. The van der Waals surface area contributed by atoms with Gasteiger partial charge in [-0.3, -0.25) is 4.98 Å². The molecule has 2 atom stereocenters. The van der Waals surface area contributed by atoms with Gasteiger partial charge < -0.3 is 20.1 Å². The summed E-state index contributed by atoms with van der Waals surface area (Å²) in [4.78, 5) is 11.4. The van der Waals surface area contributed by atoms with Crippen LogP contribution in [0.4, 0.5) is 5.69 Å². The summed E-state index contributed by atoms with van der Waals surface area (Å²) in [5.41, 5.74) is 8.92. The van der Waals surface area contributed by atoms with Crippen molar-refractivity contribution >= 4 is 16.7 Å². The number of aromatic nitrogens is 2. The Kier molecular flexibility index (Phi) is 3.75. The minimum absolute atomic E-state index is 0.221. The van der Waals surface area contributed by atoms with E-state index in [0.717, 1.165) is 61.2 Å². The van der Waals surface area contributed by atoms with Gasteiger partial charge in [0, 0.05) is 49.7 Å². The second kappa shape index (κ2) is 6.11. The second-order valence-corrected chi connectivity index (χ2v) is 7.54. The molecule has 0 spiro atoms. The Morgan fingerprint density at radius 1 is 1.04 bits per heavy atom. The molecule has 2 unspecified atom stereocenters. The molecule has 1 aromatic carbocycles. The van der Waals surface area contributed by atoms with Crippen molar-refractivity contribution in [3.8, 4) is 5.75 Å². The molecule has 2 N–H and O–H groups in total. The first-order valence-electron chi connectivity index (χ1n) is 9.32. The lowest BCUT2D eigenvalue weighted by Gasteiger charge is -2.48. The lowest BCUT2D eigenvalue weighted by Crippen LogP contribution is -2.57. The largest absolute Gasteiger partial charge is 0.488 e. The Labute approximate surface area is 147 Å². The van der Waals surface area contributed by atoms with E-state index in [0.29, 0.717) is 18.2 Å². The van der Waals surface area contributed by atoms with Crippen molar-refractivity contribution in [2.45, 2.75) is 56.5 Å². The summed E-state index contributed by atoms with van der Waals surface area (Å²) in [6.07, 6.45) is 9.71. The van der Waals surface area contributed by atoms with Crippen LogP contribution < -0.4 is 15.4 Å². The van der Waals surface area contributed by atoms with Crippen molar-refractivity contribution in [1.82, 2.24) is 9.97 Å². The molecular formula is C19H24N4O2. The van der Waals surface area contributed by atoms with Crippen molar-refractivity contribution in [2.24, 2.45) is 5.73 Å². The predicted molar refractivity (Wildman–Crippen MR) is 95.9 cm³/mol. The zero-order chi connectivity index (χ0) is 16.8. The van der Waals surface area contributed by atoms with E-state index in [-0.39, 0.29) is 6.10 Å². The Bertz CT molecular complexity index is 759. The van der Waals surface area contributed by atoms with Crippen LogP contribution in [-0.4, -0.2) is 47.4 Å². The topological polar surface area (TPSA) is 73.5 Å². The molecule has 6 heteroatoms. The molecule has 4 aliphatic rings. The molecule has 3 aliphatic heterocycles. The Balaban J connectivity index is 1.45. The number of morpholine rings is 1. The van der Waals surface area contributed by atoms with Gasteiger partial charge in [0.2, 0.25) is 0 Å². The third-order valence-electron chi connectivity index (χ3n) is 5.66. The van der Waals surface area contributed by atoms with E-state index in [9.17, 15) is 0 Å². The van der Waals surface area contributed by atoms with Gasteiger partial charge in [0.25, 0.3) is 0 Å². The summed E-state index contributed by atoms with van der Waals surface area (Å²) in [6, 6.07) is 4.58. The first-order valence-corrected chi connectivity index (χ1v) is 9.32. The van der Waals surface area contributed by atoms with E-state index in [2.05, 4.69) is 27.0 Å². The van der Waals surface area contributed by atoms with Crippen molar-refractivity contribution < 1.29 is 9.47 Å². The summed E-state index contributed by atoms with van der Waals surface area (Å²) in [6.45, 7) is 1.89. The van der Waals surface area contributed by atoms with Crippen LogP contribution in [0.25, 0.3) is 11.0 Å². The molecule has 0 amide bonds. The average Bonchev–Trinajstić information content (AvgIpc) is 2.63. The maximum atomic E-state index is 6.37. The smallest absolute Gasteiger partial charge is 0.149 e. The molecule has 132 valence electrons. The van der Waals surface area contributed by atoms with Crippen LogP contribution >= 0.6 is 0 Å². The maximum Gasteiger partial charge on any atom is 0.149 e. The number of hydrogen-bond donors (Lipinski definition) is 1. The minimum Gasteiger partial charge on any atom is -0.488 e. The van der Waals surface area contributed by atoms with E-state index >= 15 is 0 Å². The summed E-state index contributed by atoms with van der Waals surface area (Å²) in [5.74, 6) is 0.848. The number of nitrogens with zero attached hydrogens (tertiary/aromatic N) is 3. The zero-order valence-electron chi connectivity index (χ0n) is 14.3. The van der Waals surface area contributed by atoms with Crippen molar-refractivity contribution in [3.63, 3.8) is 0 Å². The lowest BCUT2D eigenvalue weighted by atomic mass is 9.93. The van der Waals surface area contributed by atoms with Gasteiger partial charge in [0.15, 0.2) is 0 Å². The van der Waals surface area contributed by atoms with Gasteiger partial charge in [-0.25, -0.2) is 4.98 Å². The standard InChI is InChI=1S/C19H24N4O2/c20-12-1-3-14(4-2-12)25-18-8-13(7-17-19(18)22-6-5-21-17)23-10-15-9-16(11-23)24-15/h5-8,12,14-16H,1-4,9-11,20H2/t12-,14+,15?,16?. The first kappa shape index (κ1) is 15.3. The van der Waals surface area contributed by atoms with Gasteiger partial charge in [0.1, 0.15) is 11.3 Å². The number of anilines is 1. The van der Waals surface area contributed by atoms with Crippen LogP contribution in [0.2, 0.25) is 0 Å². The molecule has 2 bridgehead atoms. The molecule has 25 heavy (non-hydrogen) atoms. The first-order chi connectivity index (χ1) is 12.2. The normalized spacial score (nSPS) is 31.6. The highest BCUT2D eigenvalue weighted by Gasteiger charge is 2.38. The van der Waals surface area contributed by atoms with Crippen molar-refractivity contribution in [2.75, 3.05) is 18.0 Å². The van der Waals surface area contributed by atoms with Gasteiger partial charge >= 0.3 is 0 Å². The molecule has 1 saturated carbocycles. The Hall–Kier alpha value is -1.92. The highest BCUT2D eigenvalue weighted by molar-refractivity contribution is 5.85. The molecular weight excluding hydrogens is 316 g/mol. The summed E-state index contributed by atoms with van der Waals surface area (Å²) >= 11 is 0. The molecule has 4 heterocycles. The van der Waals surface area contributed by atoms with Crippen LogP contribution in [0.3, 0.4) is 0 Å². The zero-order valence-corrected chi connectivity index (χ0v) is 14.3. The van der Waals surface area contributed by atoms with E-state index in [1.54, 1.807) is 12.4 Å². The van der Waals surface area contributed by atoms with Crippen molar-refractivity contribution in [3.05, 3.63) is 24.5 Å². The van der Waals surface area contributed by atoms with Crippen LogP contribution in [0.1, 0.15) is 32.1 Å². The van der Waals surface area contributed by atoms with E-state index < -0.39 is 0 Å². The molecule has 2 aromatic rings. The van der Waals surface area contributed by atoms with Crippen LogP contribution in [0.5, 0.6) is 5.75 Å². The van der Waals surface area contributed by atoms with Gasteiger partial charge in [-0.15, -0.1) is 0 Å². The van der Waals surface area contributed by atoms with Crippen LogP contribution in [0, 0.1) is 0 Å². The van der Waals surface area contributed by atoms with Gasteiger partial charge in [-0.1, -0.05) is 0 Å². The molecule has 4 fully saturated rings. The molecule has 6 nitrogen and oxygen atoms in total. The van der Waals surface area contributed by atoms with Gasteiger partial charge in [0.05, 0.1) is 23.8 Å². The van der Waals surface area contributed by atoms with Gasteiger partial charge in [-0.05, 0) is 31.7 Å². The lowest BCUT2D eigenvalue weighted by molar-refractivity contribution is -0.133. The summed E-state index contributed by atoms with van der Waals surface area (Å²) < 4.78 is 12.1. The highest BCUT2D eigenvalue weighted by atomic mass is 16.5. The van der Waals surface area contributed by atoms with Crippen molar-refractivity contribution in [1.29, 1.82) is 0 Å². The quantitative estimate of drug-likeness (QED) is 0.924. The predicted octanol–water partition coefficient (Wildman–Crippen LogP) is 2.26. The molecule has 0 radical (unpaired) electrons. The van der Waals surface area contributed by atoms with Crippen LogP contribution in [0.15, 0.2) is 24.5 Å². The van der Waals surface area contributed by atoms with Crippen LogP contribution in [-0.2, 0) is 4.74 Å². The highest BCUT2D eigenvalue weighted by Crippen LogP contribution is 2.36.